The maximum Gasteiger partial charge on any atom is 0.0991 e. The van der Waals surface area contributed by atoms with Gasteiger partial charge < -0.3 is 3.83 Å². The largest absolute Gasteiger partial charge is 0.304 e. The molecule has 0 N–H and O–H groups in total. The highest BCUT2D eigenvalue weighted by molar-refractivity contribution is 9.09. The van der Waals surface area contributed by atoms with Crippen molar-refractivity contribution >= 4 is 32.2 Å². The summed E-state index contributed by atoms with van der Waals surface area (Å²) in [6, 6.07) is 0. The van der Waals surface area contributed by atoms with Crippen LogP contribution in [0.2, 0.25) is 0 Å². The SMILES string of the molecule is CC(CBr)OBr. The van der Waals surface area contributed by atoms with Crippen LogP contribution in [-0.2, 0) is 3.83 Å². The molecular weight excluding hydrogens is 212 g/mol. The van der Waals surface area contributed by atoms with Gasteiger partial charge in [0.2, 0.25) is 0 Å². The van der Waals surface area contributed by atoms with Crippen molar-refractivity contribution in [2.75, 3.05) is 5.33 Å². The first-order valence-corrected chi connectivity index (χ1v) is 3.41. The Bertz CT molecular complexity index is 28.0. The van der Waals surface area contributed by atoms with E-state index in [0.717, 1.165) is 5.33 Å². The van der Waals surface area contributed by atoms with E-state index in [0.29, 0.717) is 0 Å². The summed E-state index contributed by atoms with van der Waals surface area (Å²) in [6.45, 7) is 1.96. The maximum absolute atomic E-state index is 4.66. The molecule has 0 saturated heterocycles. The molecule has 0 saturated carbocycles. The Labute approximate surface area is 54.6 Å². The van der Waals surface area contributed by atoms with Crippen molar-refractivity contribution in [3.05, 3.63) is 0 Å². The number of alkyl halides is 1. The normalized spacial score (nSPS) is 14.5. The molecule has 0 aliphatic carbocycles. The first-order chi connectivity index (χ1) is 2.81. The Morgan fingerprint density at radius 1 is 1.83 bits per heavy atom. The third kappa shape index (κ3) is 3.12. The van der Waals surface area contributed by atoms with Gasteiger partial charge in [-0.05, 0) is 6.92 Å². The topological polar surface area (TPSA) is 9.23 Å². The van der Waals surface area contributed by atoms with Crippen LogP contribution in [0, 0.1) is 0 Å². The van der Waals surface area contributed by atoms with E-state index < -0.39 is 0 Å². The standard InChI is InChI=1S/C3H6Br2O/c1-3(2-4)6-5/h3H,2H2,1H3. The van der Waals surface area contributed by atoms with Gasteiger partial charge in [0.1, 0.15) is 0 Å². The Hall–Kier alpha value is 0.920. The fourth-order valence-electron chi connectivity index (χ4n) is 0.0238. The van der Waals surface area contributed by atoms with Crippen molar-refractivity contribution in [1.29, 1.82) is 0 Å². The number of hydrogen-bond donors (Lipinski definition) is 0. The summed E-state index contributed by atoms with van der Waals surface area (Å²) in [6.07, 6.45) is 0.269. The molecule has 0 aliphatic rings. The quantitative estimate of drug-likeness (QED) is 0.644. The molecule has 0 spiro atoms. The molecule has 0 radical (unpaired) electrons. The van der Waals surface area contributed by atoms with Crippen LogP contribution < -0.4 is 0 Å². The minimum atomic E-state index is 0.269. The van der Waals surface area contributed by atoms with E-state index in [4.69, 9.17) is 0 Å². The van der Waals surface area contributed by atoms with Crippen molar-refractivity contribution in [1.82, 2.24) is 0 Å². The smallest absolute Gasteiger partial charge is 0.0991 e. The molecule has 0 fully saturated rings. The van der Waals surface area contributed by atoms with E-state index >= 15 is 0 Å². The molecular formula is C3H6Br2O. The van der Waals surface area contributed by atoms with Crippen molar-refractivity contribution in [3.63, 3.8) is 0 Å². The second-order valence-corrected chi connectivity index (χ2v) is 2.08. The van der Waals surface area contributed by atoms with Gasteiger partial charge in [-0.15, -0.1) is 0 Å². The van der Waals surface area contributed by atoms with Crippen LogP contribution in [0.3, 0.4) is 0 Å². The molecule has 1 unspecified atom stereocenters. The highest BCUT2D eigenvalue weighted by atomic mass is 79.9. The zero-order valence-corrected chi connectivity index (χ0v) is 6.62. The third-order valence-electron chi connectivity index (χ3n) is 0.369. The zero-order chi connectivity index (χ0) is 4.99. The molecule has 0 aromatic heterocycles. The number of hydrogen-bond acceptors (Lipinski definition) is 1. The van der Waals surface area contributed by atoms with Gasteiger partial charge in [0.05, 0.1) is 22.4 Å². The highest BCUT2D eigenvalue weighted by Crippen LogP contribution is 1.98. The lowest BCUT2D eigenvalue weighted by Gasteiger charge is -1.97. The number of halogens is 2. The van der Waals surface area contributed by atoms with Gasteiger partial charge in [0.15, 0.2) is 0 Å². The van der Waals surface area contributed by atoms with Crippen LogP contribution in [0.15, 0.2) is 0 Å². The van der Waals surface area contributed by atoms with E-state index in [1.807, 2.05) is 6.92 Å². The lowest BCUT2D eigenvalue weighted by molar-refractivity contribution is 0.316. The molecule has 0 amide bonds. The molecule has 3 heteroatoms. The lowest BCUT2D eigenvalue weighted by atomic mass is 10.5. The Balaban J connectivity index is 2.75. The van der Waals surface area contributed by atoms with E-state index in [1.54, 1.807) is 0 Å². The van der Waals surface area contributed by atoms with Crippen LogP contribution in [0.1, 0.15) is 6.92 Å². The highest BCUT2D eigenvalue weighted by Gasteiger charge is 1.92. The summed E-state index contributed by atoms with van der Waals surface area (Å²) in [4.78, 5) is 0. The fourth-order valence-corrected chi connectivity index (χ4v) is 0.643. The van der Waals surface area contributed by atoms with Crippen LogP contribution in [0.25, 0.3) is 0 Å². The van der Waals surface area contributed by atoms with Gasteiger partial charge in [-0.3, -0.25) is 0 Å². The second kappa shape index (κ2) is 4.09. The zero-order valence-electron chi connectivity index (χ0n) is 3.45. The van der Waals surface area contributed by atoms with Gasteiger partial charge >= 0.3 is 0 Å². The van der Waals surface area contributed by atoms with Crippen LogP contribution in [0.4, 0.5) is 0 Å². The monoisotopic (exact) mass is 216 g/mol. The molecule has 1 atom stereocenters. The van der Waals surface area contributed by atoms with Crippen molar-refractivity contribution < 1.29 is 3.83 Å². The first-order valence-electron chi connectivity index (χ1n) is 1.64. The summed E-state index contributed by atoms with van der Waals surface area (Å²) < 4.78 is 4.66. The van der Waals surface area contributed by atoms with Gasteiger partial charge in [-0.1, -0.05) is 15.9 Å². The molecule has 0 rings (SSSR count). The Morgan fingerprint density at radius 2 is 2.33 bits per heavy atom. The van der Waals surface area contributed by atoms with Crippen molar-refractivity contribution in [2.45, 2.75) is 13.0 Å². The van der Waals surface area contributed by atoms with Crippen molar-refractivity contribution in [3.8, 4) is 0 Å². The molecule has 1 nitrogen and oxygen atoms in total. The van der Waals surface area contributed by atoms with E-state index in [2.05, 4.69) is 36.0 Å². The minimum absolute atomic E-state index is 0.269. The predicted molar refractivity (Wildman–Crippen MR) is 33.3 cm³/mol. The van der Waals surface area contributed by atoms with Gasteiger partial charge in [0.25, 0.3) is 0 Å². The molecule has 38 valence electrons. The molecule has 0 aliphatic heterocycles. The molecule has 0 aromatic carbocycles. The lowest BCUT2D eigenvalue weighted by Crippen LogP contribution is -2.00. The fraction of sp³-hybridized carbons (Fsp3) is 1.00. The van der Waals surface area contributed by atoms with Gasteiger partial charge in [-0.25, -0.2) is 0 Å². The average molecular weight is 218 g/mol. The molecule has 0 heterocycles. The summed E-state index contributed by atoms with van der Waals surface area (Å²) in [5, 5.41) is 0.873. The Morgan fingerprint density at radius 3 is 2.33 bits per heavy atom. The van der Waals surface area contributed by atoms with Gasteiger partial charge in [-0.2, -0.15) is 0 Å². The minimum Gasteiger partial charge on any atom is -0.304 e. The van der Waals surface area contributed by atoms with Crippen LogP contribution in [0.5, 0.6) is 0 Å². The van der Waals surface area contributed by atoms with Crippen molar-refractivity contribution in [2.24, 2.45) is 0 Å². The molecule has 0 aromatic rings. The average Bonchev–Trinajstić information content (AvgIpc) is 1.65. The van der Waals surface area contributed by atoms with Gasteiger partial charge in [0, 0.05) is 5.33 Å². The third-order valence-corrected chi connectivity index (χ3v) is 1.92. The second-order valence-electron chi connectivity index (χ2n) is 1.05. The van der Waals surface area contributed by atoms with E-state index in [1.165, 1.54) is 0 Å². The van der Waals surface area contributed by atoms with E-state index in [-0.39, 0.29) is 6.10 Å². The summed E-state index contributed by atoms with van der Waals surface area (Å²) in [7, 11) is 0. The summed E-state index contributed by atoms with van der Waals surface area (Å²) in [5.41, 5.74) is 0. The maximum atomic E-state index is 4.66. The van der Waals surface area contributed by atoms with Crippen LogP contribution in [-0.4, -0.2) is 11.4 Å². The number of rotatable bonds is 2. The summed E-state index contributed by atoms with van der Waals surface area (Å²) in [5.74, 6) is 0. The summed E-state index contributed by atoms with van der Waals surface area (Å²) >= 11 is 6.06. The first kappa shape index (κ1) is 6.92. The molecule has 6 heavy (non-hydrogen) atoms. The van der Waals surface area contributed by atoms with Crippen LogP contribution >= 0.6 is 32.2 Å². The Kier molecular flexibility index (Phi) is 4.72. The molecule has 0 bridgehead atoms. The van der Waals surface area contributed by atoms with E-state index in [9.17, 15) is 0 Å². The predicted octanol–water partition coefficient (Wildman–Crippen LogP) is 2.10.